The largest absolute Gasteiger partial charge is 0.325 e. The zero-order valence-corrected chi connectivity index (χ0v) is 18.2. The minimum atomic E-state index is -0.0870. The second-order valence-electron chi connectivity index (χ2n) is 5.55. The molecule has 0 saturated carbocycles. The van der Waals surface area contributed by atoms with Gasteiger partial charge in [0.2, 0.25) is 5.91 Å². The van der Waals surface area contributed by atoms with Crippen LogP contribution in [-0.2, 0) is 10.5 Å². The van der Waals surface area contributed by atoms with Crippen LogP contribution in [0, 0.1) is 6.92 Å². The molecule has 4 nitrogen and oxygen atoms in total. The Kier molecular flexibility index (Phi) is 7.43. The molecule has 0 aliphatic rings. The number of benzene rings is 2. The summed E-state index contributed by atoms with van der Waals surface area (Å²) < 4.78 is 1.65. The number of halogens is 2. The molecule has 0 saturated heterocycles. The van der Waals surface area contributed by atoms with Crippen molar-refractivity contribution in [3.8, 4) is 0 Å². The quantitative estimate of drug-likeness (QED) is 0.431. The zero-order chi connectivity index (χ0) is 19.2. The Morgan fingerprint density at radius 1 is 1.04 bits per heavy atom. The molecule has 3 aromatic rings. The minimum Gasteiger partial charge on any atom is -0.325 e. The van der Waals surface area contributed by atoms with Gasteiger partial charge < -0.3 is 5.32 Å². The molecule has 0 radical (unpaired) electrons. The van der Waals surface area contributed by atoms with E-state index in [0.717, 1.165) is 30.7 Å². The summed E-state index contributed by atoms with van der Waals surface area (Å²) in [4.78, 5) is 12.1. The van der Waals surface area contributed by atoms with Crippen molar-refractivity contribution >= 4 is 69.7 Å². The highest BCUT2D eigenvalue weighted by Crippen LogP contribution is 2.31. The van der Waals surface area contributed by atoms with Gasteiger partial charge in [-0.3, -0.25) is 4.79 Å². The molecule has 1 heterocycles. The Morgan fingerprint density at radius 3 is 2.41 bits per heavy atom. The SMILES string of the molecule is Cc1cc(Cl)ccc1NC(=O)CSc1nnc(SCc2ccc(Cl)cc2)s1. The van der Waals surface area contributed by atoms with Gasteiger partial charge in [0.05, 0.1) is 5.75 Å². The van der Waals surface area contributed by atoms with E-state index in [-0.39, 0.29) is 11.7 Å². The van der Waals surface area contributed by atoms with Crippen molar-refractivity contribution in [2.75, 3.05) is 11.1 Å². The molecule has 1 N–H and O–H groups in total. The van der Waals surface area contributed by atoms with E-state index in [2.05, 4.69) is 15.5 Å². The van der Waals surface area contributed by atoms with Crippen molar-refractivity contribution < 1.29 is 4.79 Å². The van der Waals surface area contributed by atoms with E-state index in [1.165, 1.54) is 28.7 Å². The summed E-state index contributed by atoms with van der Waals surface area (Å²) in [6.45, 7) is 1.91. The summed E-state index contributed by atoms with van der Waals surface area (Å²) >= 11 is 16.3. The second-order valence-corrected chi connectivity index (χ2v) is 9.84. The van der Waals surface area contributed by atoms with Crippen LogP contribution < -0.4 is 5.32 Å². The van der Waals surface area contributed by atoms with Gasteiger partial charge in [-0.05, 0) is 48.4 Å². The lowest BCUT2D eigenvalue weighted by Gasteiger charge is -2.07. The lowest BCUT2D eigenvalue weighted by molar-refractivity contribution is -0.113. The van der Waals surface area contributed by atoms with Crippen molar-refractivity contribution in [2.45, 2.75) is 21.4 Å². The number of hydrogen-bond acceptors (Lipinski definition) is 6. The molecular formula is C18H15Cl2N3OS3. The number of rotatable bonds is 7. The summed E-state index contributed by atoms with van der Waals surface area (Å²) in [6, 6.07) is 13.1. The van der Waals surface area contributed by atoms with Crippen molar-refractivity contribution in [1.29, 1.82) is 0 Å². The predicted octanol–water partition coefficient (Wildman–Crippen LogP) is 6.18. The third-order valence-electron chi connectivity index (χ3n) is 3.45. The minimum absolute atomic E-state index is 0.0870. The Balaban J connectivity index is 1.47. The van der Waals surface area contributed by atoms with Crippen LogP contribution in [0.5, 0.6) is 0 Å². The van der Waals surface area contributed by atoms with E-state index in [1.54, 1.807) is 23.9 Å². The molecule has 3 rings (SSSR count). The van der Waals surface area contributed by atoms with Crippen LogP contribution in [-0.4, -0.2) is 21.9 Å². The fourth-order valence-electron chi connectivity index (χ4n) is 2.12. The first-order chi connectivity index (χ1) is 13.0. The monoisotopic (exact) mass is 455 g/mol. The van der Waals surface area contributed by atoms with E-state index < -0.39 is 0 Å². The molecule has 0 spiro atoms. The summed E-state index contributed by atoms with van der Waals surface area (Å²) in [5.41, 5.74) is 2.87. The van der Waals surface area contributed by atoms with Gasteiger partial charge in [-0.1, -0.05) is 70.2 Å². The number of carbonyl (C=O) groups excluding carboxylic acids is 1. The van der Waals surface area contributed by atoms with E-state index in [0.29, 0.717) is 5.02 Å². The molecule has 1 aromatic heterocycles. The topological polar surface area (TPSA) is 54.9 Å². The number of amides is 1. The molecular weight excluding hydrogens is 441 g/mol. The number of nitrogens with one attached hydrogen (secondary N) is 1. The van der Waals surface area contributed by atoms with E-state index in [4.69, 9.17) is 23.2 Å². The van der Waals surface area contributed by atoms with Crippen LogP contribution in [0.2, 0.25) is 10.0 Å². The summed E-state index contributed by atoms with van der Waals surface area (Å²) in [7, 11) is 0. The molecule has 0 aliphatic carbocycles. The summed E-state index contributed by atoms with van der Waals surface area (Å²) in [6.07, 6.45) is 0. The molecule has 9 heteroatoms. The smallest absolute Gasteiger partial charge is 0.234 e. The lowest BCUT2D eigenvalue weighted by Crippen LogP contribution is -2.14. The predicted molar refractivity (Wildman–Crippen MR) is 116 cm³/mol. The number of hydrogen-bond donors (Lipinski definition) is 1. The Hall–Kier alpha value is -1.25. The van der Waals surface area contributed by atoms with E-state index in [9.17, 15) is 4.79 Å². The average Bonchev–Trinajstić information content (AvgIpc) is 3.10. The van der Waals surface area contributed by atoms with Crippen LogP contribution in [0.3, 0.4) is 0 Å². The highest BCUT2D eigenvalue weighted by atomic mass is 35.5. The van der Waals surface area contributed by atoms with Crippen LogP contribution in [0.1, 0.15) is 11.1 Å². The van der Waals surface area contributed by atoms with Gasteiger partial charge in [-0.2, -0.15) is 0 Å². The maximum atomic E-state index is 12.1. The molecule has 27 heavy (non-hydrogen) atoms. The number of nitrogens with zero attached hydrogens (tertiary/aromatic N) is 2. The van der Waals surface area contributed by atoms with Gasteiger partial charge in [0.15, 0.2) is 8.68 Å². The van der Waals surface area contributed by atoms with Gasteiger partial charge in [0.25, 0.3) is 0 Å². The van der Waals surface area contributed by atoms with Crippen LogP contribution >= 0.6 is 58.1 Å². The third kappa shape index (κ3) is 6.40. The van der Waals surface area contributed by atoms with E-state index in [1.807, 2.05) is 37.3 Å². The van der Waals surface area contributed by atoms with Crippen LogP contribution in [0.15, 0.2) is 51.1 Å². The van der Waals surface area contributed by atoms with Crippen molar-refractivity contribution in [2.24, 2.45) is 0 Å². The van der Waals surface area contributed by atoms with Gasteiger partial charge in [-0.25, -0.2) is 0 Å². The average molecular weight is 456 g/mol. The Bertz CT molecular complexity index is 932. The molecule has 2 aromatic carbocycles. The van der Waals surface area contributed by atoms with Crippen molar-refractivity contribution in [3.05, 3.63) is 63.6 Å². The first-order valence-corrected chi connectivity index (χ1v) is 11.4. The molecule has 140 valence electrons. The van der Waals surface area contributed by atoms with Crippen LogP contribution in [0.4, 0.5) is 5.69 Å². The van der Waals surface area contributed by atoms with Crippen LogP contribution in [0.25, 0.3) is 0 Å². The number of aryl methyl sites for hydroxylation is 1. The highest BCUT2D eigenvalue weighted by molar-refractivity contribution is 8.03. The number of aromatic nitrogens is 2. The molecule has 0 aliphatic heterocycles. The standard InChI is InChI=1S/C18H15Cl2N3OS3/c1-11-8-14(20)6-7-15(11)21-16(24)10-26-18-23-22-17(27-18)25-9-12-2-4-13(19)5-3-12/h2-8H,9-10H2,1H3,(H,21,24). The summed E-state index contributed by atoms with van der Waals surface area (Å²) in [5.74, 6) is 0.988. The second kappa shape index (κ2) is 9.80. The highest BCUT2D eigenvalue weighted by Gasteiger charge is 2.10. The summed E-state index contributed by atoms with van der Waals surface area (Å²) in [5, 5.41) is 12.6. The molecule has 0 atom stereocenters. The Morgan fingerprint density at radius 2 is 1.70 bits per heavy atom. The number of anilines is 1. The lowest BCUT2D eigenvalue weighted by atomic mass is 10.2. The Labute approximate surface area is 180 Å². The zero-order valence-electron chi connectivity index (χ0n) is 14.2. The van der Waals surface area contributed by atoms with Gasteiger partial charge in [0.1, 0.15) is 0 Å². The van der Waals surface area contributed by atoms with Crippen molar-refractivity contribution in [3.63, 3.8) is 0 Å². The van der Waals surface area contributed by atoms with Gasteiger partial charge >= 0.3 is 0 Å². The molecule has 0 bridgehead atoms. The fraction of sp³-hybridized carbons (Fsp3) is 0.167. The fourth-order valence-corrected chi connectivity index (χ4v) is 5.25. The first-order valence-electron chi connectivity index (χ1n) is 7.89. The number of thioether (sulfide) groups is 2. The van der Waals surface area contributed by atoms with E-state index >= 15 is 0 Å². The molecule has 0 fully saturated rings. The van der Waals surface area contributed by atoms with Crippen molar-refractivity contribution in [1.82, 2.24) is 10.2 Å². The number of carbonyl (C=O) groups is 1. The first kappa shape index (κ1) is 20.5. The third-order valence-corrected chi connectivity index (χ3v) is 7.20. The normalized spacial score (nSPS) is 10.8. The maximum Gasteiger partial charge on any atom is 0.234 e. The molecule has 1 amide bonds. The van der Waals surface area contributed by atoms with Gasteiger partial charge in [-0.15, -0.1) is 10.2 Å². The maximum absolute atomic E-state index is 12.1. The molecule has 0 unspecified atom stereocenters. The van der Waals surface area contributed by atoms with Gasteiger partial charge in [0, 0.05) is 21.5 Å².